The van der Waals surface area contributed by atoms with Gasteiger partial charge in [-0.1, -0.05) is 32.9 Å². The molecule has 0 unspecified atom stereocenters. The fourth-order valence-corrected chi connectivity index (χ4v) is 2.81. The predicted octanol–water partition coefficient (Wildman–Crippen LogP) is 4.51. The SMILES string of the molecule is CC(C)(C)c1ccc(NC(=O)Nc2ccc3c(c2)CCC(=O)N3)cc1. The van der Waals surface area contributed by atoms with E-state index in [1.54, 1.807) is 6.07 Å². The van der Waals surface area contributed by atoms with Crippen LogP contribution in [0.4, 0.5) is 21.9 Å². The van der Waals surface area contributed by atoms with Gasteiger partial charge in [0.15, 0.2) is 0 Å². The van der Waals surface area contributed by atoms with E-state index in [9.17, 15) is 9.59 Å². The van der Waals surface area contributed by atoms with Crippen molar-refractivity contribution in [1.82, 2.24) is 0 Å². The summed E-state index contributed by atoms with van der Waals surface area (Å²) in [6, 6.07) is 13.1. The summed E-state index contributed by atoms with van der Waals surface area (Å²) in [5.41, 5.74) is 4.61. The summed E-state index contributed by atoms with van der Waals surface area (Å²) in [6.07, 6.45) is 1.16. The Labute approximate surface area is 147 Å². The molecule has 1 heterocycles. The summed E-state index contributed by atoms with van der Waals surface area (Å²) in [4.78, 5) is 23.6. The third-order valence-corrected chi connectivity index (χ3v) is 4.27. The summed E-state index contributed by atoms with van der Waals surface area (Å²) < 4.78 is 0. The number of fused-ring (bicyclic) bond motifs is 1. The average molecular weight is 337 g/mol. The maximum atomic E-state index is 12.2. The van der Waals surface area contributed by atoms with Gasteiger partial charge in [0.25, 0.3) is 0 Å². The topological polar surface area (TPSA) is 70.2 Å². The molecule has 5 heteroatoms. The van der Waals surface area contributed by atoms with Crippen molar-refractivity contribution >= 4 is 29.0 Å². The van der Waals surface area contributed by atoms with E-state index in [-0.39, 0.29) is 17.4 Å². The van der Waals surface area contributed by atoms with Crippen LogP contribution >= 0.6 is 0 Å². The van der Waals surface area contributed by atoms with Gasteiger partial charge in [-0.2, -0.15) is 0 Å². The molecule has 0 spiro atoms. The quantitative estimate of drug-likeness (QED) is 0.754. The Kier molecular flexibility index (Phi) is 4.49. The van der Waals surface area contributed by atoms with Crippen LogP contribution in [-0.4, -0.2) is 11.9 Å². The standard InChI is InChI=1S/C20H23N3O2/c1-20(2,3)14-5-7-15(8-6-14)21-19(25)22-16-9-10-17-13(12-16)4-11-18(24)23-17/h5-10,12H,4,11H2,1-3H3,(H,23,24)(H2,21,22,25). The van der Waals surface area contributed by atoms with Gasteiger partial charge in [-0.15, -0.1) is 0 Å². The lowest BCUT2D eigenvalue weighted by Crippen LogP contribution is -2.21. The fourth-order valence-electron chi connectivity index (χ4n) is 2.81. The summed E-state index contributed by atoms with van der Waals surface area (Å²) in [5.74, 6) is 0.0321. The van der Waals surface area contributed by atoms with Crippen molar-refractivity contribution in [3.8, 4) is 0 Å². The fraction of sp³-hybridized carbons (Fsp3) is 0.300. The van der Waals surface area contributed by atoms with E-state index < -0.39 is 0 Å². The van der Waals surface area contributed by atoms with Crippen LogP contribution in [0.3, 0.4) is 0 Å². The lowest BCUT2D eigenvalue weighted by atomic mass is 9.87. The highest BCUT2D eigenvalue weighted by Crippen LogP contribution is 2.26. The maximum Gasteiger partial charge on any atom is 0.323 e. The highest BCUT2D eigenvalue weighted by Gasteiger charge is 2.16. The van der Waals surface area contributed by atoms with Crippen molar-refractivity contribution in [3.05, 3.63) is 53.6 Å². The zero-order valence-corrected chi connectivity index (χ0v) is 14.8. The lowest BCUT2D eigenvalue weighted by Gasteiger charge is -2.19. The van der Waals surface area contributed by atoms with Crippen molar-refractivity contribution in [2.75, 3.05) is 16.0 Å². The molecule has 3 N–H and O–H groups in total. The number of anilines is 3. The first-order chi connectivity index (χ1) is 11.8. The Morgan fingerprint density at radius 3 is 2.28 bits per heavy atom. The Bertz CT molecular complexity index is 805. The van der Waals surface area contributed by atoms with E-state index in [2.05, 4.69) is 36.7 Å². The molecule has 1 aliphatic heterocycles. The van der Waals surface area contributed by atoms with Crippen LogP contribution in [0.15, 0.2) is 42.5 Å². The van der Waals surface area contributed by atoms with Crippen LogP contribution < -0.4 is 16.0 Å². The van der Waals surface area contributed by atoms with Gasteiger partial charge in [0.05, 0.1) is 0 Å². The molecular weight excluding hydrogens is 314 g/mol. The first-order valence-electron chi connectivity index (χ1n) is 8.42. The Hall–Kier alpha value is -2.82. The number of amides is 3. The number of carbonyl (C=O) groups excluding carboxylic acids is 2. The number of rotatable bonds is 2. The monoisotopic (exact) mass is 337 g/mol. The van der Waals surface area contributed by atoms with Crippen LogP contribution in [-0.2, 0) is 16.6 Å². The first kappa shape index (κ1) is 17.0. The number of urea groups is 1. The predicted molar refractivity (Wildman–Crippen MR) is 101 cm³/mol. The number of aryl methyl sites for hydroxylation is 1. The molecule has 25 heavy (non-hydrogen) atoms. The molecule has 130 valence electrons. The van der Waals surface area contributed by atoms with Crippen LogP contribution in [0, 0.1) is 0 Å². The van der Waals surface area contributed by atoms with Crippen LogP contribution in [0.5, 0.6) is 0 Å². The molecule has 0 saturated heterocycles. The van der Waals surface area contributed by atoms with Gasteiger partial charge in [0.2, 0.25) is 5.91 Å². The molecule has 1 aliphatic rings. The molecule has 3 rings (SSSR count). The van der Waals surface area contributed by atoms with Crippen molar-refractivity contribution in [1.29, 1.82) is 0 Å². The summed E-state index contributed by atoms with van der Waals surface area (Å²) in [5, 5.41) is 8.50. The molecular formula is C20H23N3O2. The van der Waals surface area contributed by atoms with E-state index in [1.807, 2.05) is 36.4 Å². The molecule has 5 nitrogen and oxygen atoms in total. The van der Waals surface area contributed by atoms with Crippen molar-refractivity contribution in [2.45, 2.75) is 39.0 Å². The molecule has 0 atom stereocenters. The maximum absolute atomic E-state index is 12.2. The molecule has 2 aromatic carbocycles. The second-order valence-corrected chi connectivity index (χ2v) is 7.33. The Morgan fingerprint density at radius 1 is 0.960 bits per heavy atom. The van der Waals surface area contributed by atoms with Crippen LogP contribution in [0.1, 0.15) is 38.3 Å². The minimum atomic E-state index is -0.289. The number of hydrogen-bond acceptors (Lipinski definition) is 2. The zero-order chi connectivity index (χ0) is 18.0. The Morgan fingerprint density at radius 2 is 1.60 bits per heavy atom. The smallest absolute Gasteiger partial charge is 0.323 e. The molecule has 0 aliphatic carbocycles. The summed E-state index contributed by atoms with van der Waals surface area (Å²) in [7, 11) is 0. The van der Waals surface area contributed by atoms with Gasteiger partial charge in [0.1, 0.15) is 0 Å². The van der Waals surface area contributed by atoms with Gasteiger partial charge in [-0.05, 0) is 53.3 Å². The lowest BCUT2D eigenvalue weighted by molar-refractivity contribution is -0.116. The van der Waals surface area contributed by atoms with Crippen LogP contribution in [0.2, 0.25) is 0 Å². The molecule has 2 aromatic rings. The van der Waals surface area contributed by atoms with Crippen molar-refractivity contribution in [2.24, 2.45) is 0 Å². The van der Waals surface area contributed by atoms with Gasteiger partial charge in [-0.3, -0.25) is 4.79 Å². The van der Waals surface area contributed by atoms with Crippen molar-refractivity contribution in [3.63, 3.8) is 0 Å². The summed E-state index contributed by atoms with van der Waals surface area (Å²) in [6.45, 7) is 6.46. The third-order valence-electron chi connectivity index (χ3n) is 4.27. The Balaban J connectivity index is 1.64. The second-order valence-electron chi connectivity index (χ2n) is 7.33. The van der Waals surface area contributed by atoms with E-state index in [0.717, 1.165) is 16.9 Å². The number of hydrogen-bond donors (Lipinski definition) is 3. The molecule has 0 fully saturated rings. The highest BCUT2D eigenvalue weighted by molar-refractivity contribution is 6.00. The highest BCUT2D eigenvalue weighted by atomic mass is 16.2. The minimum Gasteiger partial charge on any atom is -0.326 e. The molecule has 3 amide bonds. The average Bonchev–Trinajstić information content (AvgIpc) is 2.54. The number of carbonyl (C=O) groups is 2. The van der Waals surface area contributed by atoms with E-state index in [1.165, 1.54) is 5.56 Å². The molecule has 0 bridgehead atoms. The second kappa shape index (κ2) is 6.59. The third kappa shape index (κ3) is 4.18. The van der Waals surface area contributed by atoms with Gasteiger partial charge in [0, 0.05) is 23.5 Å². The first-order valence-corrected chi connectivity index (χ1v) is 8.42. The van der Waals surface area contributed by atoms with E-state index in [4.69, 9.17) is 0 Å². The largest absolute Gasteiger partial charge is 0.326 e. The van der Waals surface area contributed by atoms with E-state index in [0.29, 0.717) is 18.5 Å². The van der Waals surface area contributed by atoms with Gasteiger partial charge < -0.3 is 16.0 Å². The zero-order valence-electron chi connectivity index (χ0n) is 14.8. The minimum absolute atomic E-state index is 0.0321. The van der Waals surface area contributed by atoms with Crippen LogP contribution in [0.25, 0.3) is 0 Å². The van der Waals surface area contributed by atoms with Gasteiger partial charge in [-0.25, -0.2) is 4.79 Å². The summed E-state index contributed by atoms with van der Waals surface area (Å²) >= 11 is 0. The van der Waals surface area contributed by atoms with Crippen molar-refractivity contribution < 1.29 is 9.59 Å². The van der Waals surface area contributed by atoms with Gasteiger partial charge >= 0.3 is 6.03 Å². The number of nitrogens with one attached hydrogen (secondary N) is 3. The molecule has 0 radical (unpaired) electrons. The number of benzene rings is 2. The molecule has 0 saturated carbocycles. The molecule has 0 aromatic heterocycles. The van der Waals surface area contributed by atoms with E-state index >= 15 is 0 Å². The normalized spacial score (nSPS) is 13.6.